The summed E-state index contributed by atoms with van der Waals surface area (Å²) in [5, 5.41) is 3.34. The van der Waals surface area contributed by atoms with Crippen LogP contribution in [0.3, 0.4) is 0 Å². The second-order valence-electron chi connectivity index (χ2n) is 7.90. The lowest BCUT2D eigenvalue weighted by Gasteiger charge is -2.31. The Balaban J connectivity index is 1.57. The Morgan fingerprint density at radius 3 is 2.38 bits per heavy atom. The lowest BCUT2D eigenvalue weighted by atomic mass is 10.0. The molecule has 6 nitrogen and oxygen atoms in total. The minimum Gasteiger partial charge on any atom is -0.378 e. The van der Waals surface area contributed by atoms with E-state index in [1.54, 1.807) is 16.7 Å². The van der Waals surface area contributed by atoms with E-state index in [2.05, 4.69) is 10.3 Å². The van der Waals surface area contributed by atoms with Crippen LogP contribution in [0.25, 0.3) is 11.0 Å². The van der Waals surface area contributed by atoms with Gasteiger partial charge in [-0.05, 0) is 42.0 Å². The zero-order valence-corrected chi connectivity index (χ0v) is 18.5. The van der Waals surface area contributed by atoms with Gasteiger partial charge in [0, 0.05) is 25.3 Å². The summed E-state index contributed by atoms with van der Waals surface area (Å²) in [6, 6.07) is 23.9. The van der Waals surface area contributed by atoms with Crippen molar-refractivity contribution < 1.29 is 9.59 Å². The molecule has 0 bridgehead atoms. The number of aromatic nitrogens is 2. The lowest BCUT2D eigenvalue weighted by molar-refractivity contribution is 0.0792. The number of carbonyl (C=O) groups is 2. The van der Waals surface area contributed by atoms with Crippen LogP contribution < -0.4 is 10.2 Å². The molecule has 1 amide bonds. The van der Waals surface area contributed by atoms with Gasteiger partial charge in [0.1, 0.15) is 6.04 Å². The maximum atomic E-state index is 13.7. The summed E-state index contributed by atoms with van der Waals surface area (Å²) in [6.07, 6.45) is 0. The van der Waals surface area contributed by atoms with Crippen molar-refractivity contribution >= 4 is 40.3 Å². The number of rotatable bonds is 4. The number of amides is 1. The first-order valence-corrected chi connectivity index (χ1v) is 11.2. The van der Waals surface area contributed by atoms with Crippen LogP contribution in [-0.2, 0) is 0 Å². The fourth-order valence-electron chi connectivity index (χ4n) is 3.92. The number of fused-ring (bicyclic) bond motifs is 3. The van der Waals surface area contributed by atoms with Gasteiger partial charge in [0.2, 0.25) is 0 Å². The van der Waals surface area contributed by atoms with Crippen molar-refractivity contribution in [3.8, 4) is 0 Å². The molecule has 1 aliphatic rings. The fourth-order valence-corrected chi connectivity index (χ4v) is 5.21. The van der Waals surface area contributed by atoms with Gasteiger partial charge >= 0.3 is 0 Å². The van der Waals surface area contributed by atoms with Crippen LogP contribution in [-0.4, -0.2) is 41.5 Å². The molecule has 2 heterocycles. The van der Waals surface area contributed by atoms with Crippen molar-refractivity contribution in [1.82, 2.24) is 14.9 Å². The van der Waals surface area contributed by atoms with Crippen LogP contribution in [0, 0.1) is 0 Å². The van der Waals surface area contributed by atoms with Crippen molar-refractivity contribution in [3.05, 3.63) is 90.0 Å². The van der Waals surface area contributed by atoms with E-state index < -0.39 is 6.04 Å². The van der Waals surface area contributed by atoms with Crippen LogP contribution in [0.5, 0.6) is 0 Å². The Morgan fingerprint density at radius 2 is 1.66 bits per heavy atom. The molecule has 1 N–H and O–H groups in total. The van der Waals surface area contributed by atoms with Crippen molar-refractivity contribution in [2.24, 2.45) is 0 Å². The summed E-state index contributed by atoms with van der Waals surface area (Å²) in [5.41, 5.74) is 4.07. The largest absolute Gasteiger partial charge is 0.378 e. The summed E-state index contributed by atoms with van der Waals surface area (Å²) in [4.78, 5) is 33.4. The second kappa shape index (κ2) is 8.16. The molecule has 160 valence electrons. The third-order valence-corrected chi connectivity index (χ3v) is 6.90. The summed E-state index contributed by atoms with van der Waals surface area (Å²) < 4.78 is 1.63. The predicted molar refractivity (Wildman–Crippen MR) is 127 cm³/mol. The number of benzene rings is 3. The van der Waals surface area contributed by atoms with Crippen molar-refractivity contribution in [2.45, 2.75) is 16.4 Å². The third kappa shape index (κ3) is 3.54. The molecule has 1 aliphatic heterocycles. The van der Waals surface area contributed by atoms with E-state index in [1.807, 2.05) is 85.7 Å². The molecule has 0 fully saturated rings. The van der Waals surface area contributed by atoms with E-state index in [9.17, 15) is 9.59 Å². The number of hydrogen-bond acceptors (Lipinski definition) is 5. The molecule has 0 spiro atoms. The maximum Gasteiger partial charge on any atom is 0.257 e. The van der Waals surface area contributed by atoms with Crippen molar-refractivity contribution in [1.29, 1.82) is 0 Å². The zero-order chi connectivity index (χ0) is 22.2. The number of carbonyl (C=O) groups excluding carboxylic acids is 2. The van der Waals surface area contributed by atoms with Gasteiger partial charge < -0.3 is 10.2 Å². The standard InChI is InChI=1S/C25H22N4O2S/c1-28(2)18-14-12-16(13-15-18)22-21(27-23(30)17-8-4-3-5-9-17)24(31)29-20-11-7-6-10-19(20)26-25(29)32-22/h3-15,21-22H,1-2H3,(H,27,30). The summed E-state index contributed by atoms with van der Waals surface area (Å²) >= 11 is 1.50. The van der Waals surface area contributed by atoms with Crippen molar-refractivity contribution in [2.75, 3.05) is 19.0 Å². The first kappa shape index (κ1) is 20.3. The number of thioether (sulfide) groups is 1. The normalized spacial score (nSPS) is 17.8. The lowest BCUT2D eigenvalue weighted by Crippen LogP contribution is -2.48. The molecule has 2 unspecified atom stereocenters. The molecule has 2 atom stereocenters. The maximum absolute atomic E-state index is 13.7. The Hall–Kier alpha value is -3.58. The van der Waals surface area contributed by atoms with Gasteiger partial charge in [-0.25, -0.2) is 4.98 Å². The average Bonchev–Trinajstić information content (AvgIpc) is 3.20. The Kier molecular flexibility index (Phi) is 5.19. The first-order valence-electron chi connectivity index (χ1n) is 10.3. The molecule has 0 saturated heterocycles. The minimum absolute atomic E-state index is 0.182. The highest BCUT2D eigenvalue weighted by molar-refractivity contribution is 7.99. The highest BCUT2D eigenvalue weighted by Gasteiger charge is 2.40. The zero-order valence-electron chi connectivity index (χ0n) is 17.7. The van der Waals surface area contributed by atoms with Crippen LogP contribution in [0.2, 0.25) is 0 Å². The van der Waals surface area contributed by atoms with E-state index in [1.165, 1.54) is 11.8 Å². The molecule has 1 aromatic heterocycles. The van der Waals surface area contributed by atoms with Gasteiger partial charge in [-0.15, -0.1) is 0 Å². The van der Waals surface area contributed by atoms with E-state index in [4.69, 9.17) is 0 Å². The number of nitrogens with one attached hydrogen (secondary N) is 1. The molecule has 3 aromatic carbocycles. The topological polar surface area (TPSA) is 67.2 Å². The minimum atomic E-state index is -0.733. The van der Waals surface area contributed by atoms with E-state index in [0.717, 1.165) is 22.3 Å². The number of imidazole rings is 1. The summed E-state index contributed by atoms with van der Waals surface area (Å²) in [6.45, 7) is 0. The molecule has 7 heteroatoms. The fraction of sp³-hybridized carbons (Fsp3) is 0.160. The summed E-state index contributed by atoms with van der Waals surface area (Å²) in [7, 11) is 3.97. The number of para-hydroxylation sites is 2. The molecule has 32 heavy (non-hydrogen) atoms. The highest BCUT2D eigenvalue weighted by atomic mass is 32.2. The monoisotopic (exact) mass is 442 g/mol. The predicted octanol–water partition coefficient (Wildman–Crippen LogP) is 4.39. The van der Waals surface area contributed by atoms with Gasteiger partial charge in [0.05, 0.1) is 16.3 Å². The third-order valence-electron chi connectivity index (χ3n) is 5.61. The van der Waals surface area contributed by atoms with Gasteiger partial charge in [-0.1, -0.05) is 54.2 Å². The Bertz CT molecular complexity index is 1300. The number of hydrogen-bond donors (Lipinski definition) is 1. The van der Waals surface area contributed by atoms with E-state index in [0.29, 0.717) is 10.7 Å². The first-order chi connectivity index (χ1) is 15.5. The molecular weight excluding hydrogens is 420 g/mol. The number of anilines is 1. The molecule has 0 aliphatic carbocycles. The number of nitrogens with zero attached hydrogens (tertiary/aromatic N) is 3. The van der Waals surface area contributed by atoms with Crippen LogP contribution in [0.4, 0.5) is 5.69 Å². The quantitative estimate of drug-likeness (QED) is 0.508. The molecule has 0 radical (unpaired) electrons. The molecular formula is C25H22N4O2S. The average molecular weight is 443 g/mol. The van der Waals surface area contributed by atoms with Crippen molar-refractivity contribution in [3.63, 3.8) is 0 Å². The molecule has 0 saturated carbocycles. The van der Waals surface area contributed by atoms with E-state index >= 15 is 0 Å². The smallest absolute Gasteiger partial charge is 0.257 e. The van der Waals surface area contributed by atoms with Gasteiger partial charge in [0.25, 0.3) is 11.8 Å². The molecule has 4 aromatic rings. The SMILES string of the molecule is CN(C)c1ccc(C2Sc3nc4ccccc4n3C(=O)C2NC(=O)c2ccccc2)cc1. The van der Waals surface area contributed by atoms with Gasteiger partial charge in [-0.3, -0.25) is 14.2 Å². The van der Waals surface area contributed by atoms with Gasteiger partial charge in [-0.2, -0.15) is 0 Å². The Labute approximate surface area is 190 Å². The van der Waals surface area contributed by atoms with Gasteiger partial charge in [0.15, 0.2) is 5.16 Å². The Morgan fingerprint density at radius 1 is 0.969 bits per heavy atom. The van der Waals surface area contributed by atoms with Crippen LogP contribution >= 0.6 is 11.8 Å². The molecule has 5 rings (SSSR count). The second-order valence-corrected chi connectivity index (χ2v) is 9.01. The van der Waals surface area contributed by atoms with Crippen LogP contribution in [0.15, 0.2) is 84.0 Å². The highest BCUT2D eigenvalue weighted by Crippen LogP contribution is 2.43. The van der Waals surface area contributed by atoms with Crippen LogP contribution in [0.1, 0.15) is 26.0 Å². The van der Waals surface area contributed by atoms with E-state index in [-0.39, 0.29) is 17.1 Å². The summed E-state index contributed by atoms with van der Waals surface area (Å²) in [5.74, 6) is -0.453.